The van der Waals surface area contributed by atoms with Crippen LogP contribution in [0.1, 0.15) is 49.7 Å². The predicted molar refractivity (Wildman–Crippen MR) is 111 cm³/mol. The molecule has 160 valence electrons. The van der Waals surface area contributed by atoms with E-state index in [1.807, 2.05) is 36.4 Å². The first-order valence-corrected chi connectivity index (χ1v) is 11.0. The second-order valence-corrected chi connectivity index (χ2v) is 9.08. The molecule has 5 rings (SSSR count). The molecular formula is C25H30BrNO3. The summed E-state index contributed by atoms with van der Waals surface area (Å²) in [6.07, 6.45) is 6.94. The number of halogens is 1. The Morgan fingerprint density at radius 2 is 1.33 bits per heavy atom. The number of carbonyl (C=O) groups is 1. The van der Waals surface area contributed by atoms with Gasteiger partial charge in [0.15, 0.2) is 0 Å². The highest BCUT2D eigenvalue weighted by molar-refractivity contribution is 5.85. The van der Waals surface area contributed by atoms with E-state index in [9.17, 15) is 9.90 Å². The first-order valence-electron chi connectivity index (χ1n) is 11.0. The number of hydrogen-bond acceptors (Lipinski definition) is 3. The summed E-state index contributed by atoms with van der Waals surface area (Å²) in [6.45, 7) is 2.60. The van der Waals surface area contributed by atoms with Crippen molar-refractivity contribution in [3.8, 4) is 0 Å². The largest absolute Gasteiger partial charge is 1.00 e. The minimum absolute atomic E-state index is 0. The van der Waals surface area contributed by atoms with E-state index in [-0.39, 0.29) is 23.1 Å². The van der Waals surface area contributed by atoms with E-state index in [0.29, 0.717) is 23.2 Å². The van der Waals surface area contributed by atoms with E-state index in [4.69, 9.17) is 4.74 Å². The topological polar surface area (TPSA) is 46.5 Å². The van der Waals surface area contributed by atoms with Gasteiger partial charge in [0, 0.05) is 38.5 Å². The molecule has 0 aliphatic carbocycles. The Kier molecular flexibility index (Phi) is 6.06. The molecule has 2 unspecified atom stereocenters. The van der Waals surface area contributed by atoms with E-state index in [0.717, 1.165) is 12.8 Å². The summed E-state index contributed by atoms with van der Waals surface area (Å²) in [5.74, 6) is -0.547. The maximum absolute atomic E-state index is 13.4. The monoisotopic (exact) mass is 471 g/mol. The number of hydrogen-bond donors (Lipinski definition) is 1. The molecule has 4 nitrogen and oxygen atoms in total. The molecule has 0 radical (unpaired) electrons. The Balaban J connectivity index is 0.00000218. The number of quaternary nitrogens is 1. The van der Waals surface area contributed by atoms with Crippen LogP contribution in [0.4, 0.5) is 0 Å². The molecule has 3 heterocycles. The number of piperidine rings is 1. The average molecular weight is 472 g/mol. The molecule has 3 atom stereocenters. The van der Waals surface area contributed by atoms with Crippen LogP contribution in [0.25, 0.3) is 0 Å². The number of benzene rings is 2. The summed E-state index contributed by atoms with van der Waals surface area (Å²) in [4.78, 5) is 13.4. The van der Waals surface area contributed by atoms with Crippen molar-refractivity contribution in [3.63, 3.8) is 0 Å². The number of ether oxygens (including phenoxy) is 1. The Bertz CT molecular complexity index is 811. The number of esters is 1. The smallest absolute Gasteiger partial charge is 0.347 e. The fourth-order valence-electron chi connectivity index (χ4n) is 6.30. The van der Waals surface area contributed by atoms with Crippen LogP contribution in [0.15, 0.2) is 60.7 Å². The molecule has 1 N–H and O–H groups in total. The molecule has 2 bridgehead atoms. The molecular weight excluding hydrogens is 442 g/mol. The van der Waals surface area contributed by atoms with E-state index < -0.39 is 11.6 Å². The van der Waals surface area contributed by atoms with Crippen LogP contribution >= 0.6 is 0 Å². The number of rotatable bonds is 4. The van der Waals surface area contributed by atoms with Crippen LogP contribution in [0.2, 0.25) is 0 Å². The van der Waals surface area contributed by atoms with Crippen molar-refractivity contribution in [1.29, 1.82) is 0 Å². The highest BCUT2D eigenvalue weighted by atomic mass is 79.9. The van der Waals surface area contributed by atoms with E-state index in [1.165, 1.54) is 43.3 Å². The zero-order valence-corrected chi connectivity index (χ0v) is 18.8. The average Bonchev–Trinajstić information content (AvgIpc) is 3.31. The number of nitrogens with zero attached hydrogens (tertiary/aromatic N) is 1. The van der Waals surface area contributed by atoms with Gasteiger partial charge in [0.05, 0.1) is 25.2 Å². The van der Waals surface area contributed by atoms with Crippen LogP contribution in [-0.2, 0) is 15.1 Å². The van der Waals surface area contributed by atoms with Crippen molar-refractivity contribution in [2.45, 2.75) is 62.3 Å². The quantitative estimate of drug-likeness (QED) is 0.529. The van der Waals surface area contributed by atoms with Gasteiger partial charge in [-0.25, -0.2) is 4.79 Å². The number of carbonyl (C=O) groups excluding carboxylic acids is 1. The lowest BCUT2D eigenvalue weighted by Crippen LogP contribution is -3.00. The van der Waals surface area contributed by atoms with Crippen molar-refractivity contribution in [2.75, 3.05) is 13.1 Å². The zero-order chi connectivity index (χ0) is 19.9. The van der Waals surface area contributed by atoms with Crippen molar-refractivity contribution in [2.24, 2.45) is 0 Å². The van der Waals surface area contributed by atoms with Gasteiger partial charge in [-0.3, -0.25) is 0 Å². The number of aliphatic hydroxyl groups is 1. The van der Waals surface area contributed by atoms with Crippen molar-refractivity contribution < 1.29 is 36.1 Å². The van der Waals surface area contributed by atoms with E-state index in [2.05, 4.69) is 0 Å². The molecule has 3 aliphatic heterocycles. The van der Waals surface area contributed by atoms with Crippen molar-refractivity contribution in [1.82, 2.24) is 0 Å². The lowest BCUT2D eigenvalue weighted by molar-refractivity contribution is -0.956. The Morgan fingerprint density at radius 1 is 0.867 bits per heavy atom. The maximum Gasteiger partial charge on any atom is 0.347 e. The van der Waals surface area contributed by atoms with Crippen LogP contribution in [0.3, 0.4) is 0 Å². The molecule has 1 spiro atoms. The molecule has 0 amide bonds. The maximum atomic E-state index is 13.4. The highest BCUT2D eigenvalue weighted by Crippen LogP contribution is 2.46. The minimum atomic E-state index is -1.78. The third kappa shape index (κ3) is 3.41. The molecule has 3 fully saturated rings. The van der Waals surface area contributed by atoms with Gasteiger partial charge in [-0.05, 0) is 11.1 Å². The summed E-state index contributed by atoms with van der Waals surface area (Å²) in [6, 6.07) is 19.6. The normalized spacial score (nSPS) is 26.9. The van der Waals surface area contributed by atoms with Gasteiger partial charge < -0.3 is 31.3 Å². The summed E-state index contributed by atoms with van der Waals surface area (Å²) >= 11 is 0. The van der Waals surface area contributed by atoms with Crippen LogP contribution in [0, 0.1) is 0 Å². The predicted octanol–water partition coefficient (Wildman–Crippen LogP) is 0.774. The molecule has 3 saturated heterocycles. The molecule has 2 aromatic rings. The highest BCUT2D eigenvalue weighted by Gasteiger charge is 2.56. The summed E-state index contributed by atoms with van der Waals surface area (Å²) in [7, 11) is 0. The van der Waals surface area contributed by atoms with Gasteiger partial charge in [-0.15, -0.1) is 0 Å². The van der Waals surface area contributed by atoms with Crippen LogP contribution in [-0.4, -0.2) is 46.8 Å². The lowest BCUT2D eigenvalue weighted by Gasteiger charge is -2.47. The summed E-state index contributed by atoms with van der Waals surface area (Å²) < 4.78 is 7.32. The summed E-state index contributed by atoms with van der Waals surface area (Å²) in [5.41, 5.74) is -0.671. The third-order valence-corrected chi connectivity index (χ3v) is 7.71. The van der Waals surface area contributed by atoms with Crippen LogP contribution < -0.4 is 17.0 Å². The molecule has 2 aromatic carbocycles. The van der Waals surface area contributed by atoms with Gasteiger partial charge in [0.1, 0.15) is 6.10 Å². The second-order valence-electron chi connectivity index (χ2n) is 9.08. The van der Waals surface area contributed by atoms with Crippen molar-refractivity contribution in [3.05, 3.63) is 71.8 Å². The minimum Gasteiger partial charge on any atom is -1.00 e. The lowest BCUT2D eigenvalue weighted by atomic mass is 9.86. The van der Waals surface area contributed by atoms with E-state index >= 15 is 0 Å². The first kappa shape index (κ1) is 21.5. The van der Waals surface area contributed by atoms with Gasteiger partial charge in [-0.1, -0.05) is 60.7 Å². The van der Waals surface area contributed by atoms with Gasteiger partial charge in [-0.2, -0.15) is 0 Å². The molecule has 3 aliphatic rings. The SMILES string of the molecule is O=C(OC1CC2CC[C@H](C1)[N+]21CCCC1)C(O)(c1ccccc1)c1ccccc1.[Br-]. The molecule has 5 heteroatoms. The van der Waals surface area contributed by atoms with Crippen LogP contribution in [0.5, 0.6) is 0 Å². The standard InChI is InChI=1S/C25H30NO3.BrH/c27-24(25(28,19-9-3-1-4-10-19)20-11-5-2-6-12-20)29-23-17-21-13-14-22(18-23)26(21)15-7-8-16-26;/h1-6,9-12,21-23,28H,7-8,13-18H2;1H/q+1;/p-1/t21-,22?,23?;/m1./s1. The Morgan fingerprint density at radius 3 is 1.80 bits per heavy atom. The molecule has 30 heavy (non-hydrogen) atoms. The fourth-order valence-corrected chi connectivity index (χ4v) is 6.30. The van der Waals surface area contributed by atoms with Gasteiger partial charge in [0.2, 0.25) is 5.60 Å². The fraction of sp³-hybridized carbons (Fsp3) is 0.480. The van der Waals surface area contributed by atoms with E-state index in [1.54, 1.807) is 24.3 Å². The summed E-state index contributed by atoms with van der Waals surface area (Å²) in [5, 5.41) is 11.6. The Labute approximate surface area is 189 Å². The molecule has 0 aromatic heterocycles. The first-order chi connectivity index (χ1) is 14.1. The van der Waals surface area contributed by atoms with Crippen molar-refractivity contribution >= 4 is 5.97 Å². The Hall–Kier alpha value is -1.69. The van der Waals surface area contributed by atoms with Gasteiger partial charge >= 0.3 is 5.97 Å². The molecule has 0 saturated carbocycles. The third-order valence-electron chi connectivity index (χ3n) is 7.71. The zero-order valence-electron chi connectivity index (χ0n) is 17.3. The van der Waals surface area contributed by atoms with Gasteiger partial charge in [0.25, 0.3) is 0 Å². The second kappa shape index (κ2) is 8.45.